The fourth-order valence-electron chi connectivity index (χ4n) is 2.43. The normalized spacial score (nSPS) is 11.6. The number of aromatic nitrogens is 1. The molecule has 1 N–H and O–H groups in total. The number of carbonyl (C=O) groups excluding carboxylic acids is 1. The van der Waals surface area contributed by atoms with Gasteiger partial charge in [0.05, 0.1) is 4.88 Å². The van der Waals surface area contributed by atoms with Crippen molar-refractivity contribution in [3.05, 3.63) is 28.6 Å². The van der Waals surface area contributed by atoms with Crippen molar-refractivity contribution in [2.24, 2.45) is 17.8 Å². The number of rotatable bonds is 6. The molecule has 0 spiro atoms. The van der Waals surface area contributed by atoms with Crippen LogP contribution in [0.1, 0.15) is 38.2 Å². The molecule has 2 rings (SSSR count). The number of amides is 1. The summed E-state index contributed by atoms with van der Waals surface area (Å²) in [7, 11) is 0. The first-order valence-electron chi connectivity index (χ1n) is 7.26. The lowest BCUT2D eigenvalue weighted by Gasteiger charge is -2.24. The number of nitrogens with one attached hydrogen (secondary N) is 1. The fourth-order valence-corrected chi connectivity index (χ4v) is 4.05. The first kappa shape index (κ1) is 16.2. The molecule has 0 aliphatic carbocycles. The molecule has 114 valence electrons. The maximum absolute atomic E-state index is 12.2. The van der Waals surface area contributed by atoms with Gasteiger partial charge in [-0.25, -0.2) is 4.98 Å². The Hall–Kier alpha value is -1.20. The van der Waals surface area contributed by atoms with Crippen LogP contribution in [0.2, 0.25) is 0 Å². The van der Waals surface area contributed by atoms with Crippen molar-refractivity contribution < 1.29 is 4.79 Å². The van der Waals surface area contributed by atoms with Crippen LogP contribution in [-0.4, -0.2) is 17.4 Å². The Morgan fingerprint density at radius 3 is 2.52 bits per heavy atom. The molecule has 2 aromatic heterocycles. The third-order valence-electron chi connectivity index (χ3n) is 3.68. The van der Waals surface area contributed by atoms with Crippen molar-refractivity contribution in [1.82, 2.24) is 10.3 Å². The molecule has 21 heavy (non-hydrogen) atoms. The number of nitrogens with zero attached hydrogens (tertiary/aromatic N) is 1. The second-order valence-corrected chi connectivity index (χ2v) is 7.68. The lowest BCUT2D eigenvalue weighted by molar-refractivity contribution is 0.0933. The largest absolute Gasteiger partial charge is 0.350 e. The highest BCUT2D eigenvalue weighted by Crippen LogP contribution is 2.27. The van der Waals surface area contributed by atoms with E-state index in [1.165, 1.54) is 11.3 Å². The molecule has 2 aromatic rings. The predicted octanol–water partition coefficient (Wildman–Crippen LogP) is 4.53. The van der Waals surface area contributed by atoms with E-state index in [-0.39, 0.29) is 5.91 Å². The van der Waals surface area contributed by atoms with Gasteiger partial charge < -0.3 is 5.32 Å². The molecule has 5 heteroatoms. The van der Waals surface area contributed by atoms with E-state index >= 15 is 0 Å². The van der Waals surface area contributed by atoms with Crippen LogP contribution in [0.3, 0.4) is 0 Å². The quantitative estimate of drug-likeness (QED) is 0.849. The first-order chi connectivity index (χ1) is 9.99. The Morgan fingerprint density at radius 1 is 1.24 bits per heavy atom. The van der Waals surface area contributed by atoms with Crippen LogP contribution in [0.4, 0.5) is 0 Å². The van der Waals surface area contributed by atoms with Crippen molar-refractivity contribution in [3.63, 3.8) is 0 Å². The molecule has 0 aliphatic rings. The van der Waals surface area contributed by atoms with Crippen molar-refractivity contribution in [1.29, 1.82) is 0 Å². The van der Waals surface area contributed by atoms with E-state index in [0.29, 0.717) is 30.0 Å². The summed E-state index contributed by atoms with van der Waals surface area (Å²) in [6, 6.07) is 4.02. The van der Waals surface area contributed by atoms with Gasteiger partial charge in [0, 0.05) is 11.9 Å². The van der Waals surface area contributed by atoms with E-state index in [9.17, 15) is 4.79 Å². The van der Waals surface area contributed by atoms with E-state index < -0.39 is 0 Å². The Morgan fingerprint density at radius 2 is 1.95 bits per heavy atom. The van der Waals surface area contributed by atoms with Gasteiger partial charge >= 0.3 is 0 Å². The summed E-state index contributed by atoms with van der Waals surface area (Å²) in [5.74, 6) is 1.54. The minimum atomic E-state index is -0.0691. The van der Waals surface area contributed by atoms with Gasteiger partial charge in [-0.2, -0.15) is 0 Å². The number of hydrogen-bond acceptors (Lipinski definition) is 4. The molecular formula is C16H22N2OS2. The van der Waals surface area contributed by atoms with E-state index in [4.69, 9.17) is 0 Å². The Balaban J connectivity index is 1.98. The van der Waals surface area contributed by atoms with Crippen LogP contribution in [0.25, 0.3) is 9.88 Å². The summed E-state index contributed by atoms with van der Waals surface area (Å²) in [5, 5.41) is 7.80. The minimum Gasteiger partial charge on any atom is -0.350 e. The van der Waals surface area contributed by atoms with Crippen molar-refractivity contribution in [3.8, 4) is 9.88 Å². The number of thiophene rings is 1. The average Bonchev–Trinajstić information content (AvgIpc) is 3.08. The second-order valence-electron chi connectivity index (χ2n) is 5.88. The van der Waals surface area contributed by atoms with Crippen LogP contribution < -0.4 is 5.32 Å². The van der Waals surface area contributed by atoms with E-state index in [0.717, 1.165) is 9.88 Å². The van der Waals surface area contributed by atoms with Gasteiger partial charge in [-0.05, 0) is 29.2 Å². The van der Waals surface area contributed by atoms with Gasteiger partial charge in [-0.3, -0.25) is 4.79 Å². The summed E-state index contributed by atoms with van der Waals surface area (Å²) >= 11 is 3.16. The Bertz CT molecular complexity index is 565. The zero-order chi connectivity index (χ0) is 15.4. The molecule has 0 fully saturated rings. The third kappa shape index (κ3) is 4.14. The summed E-state index contributed by atoms with van der Waals surface area (Å²) in [5.41, 5.74) is 0.523. The van der Waals surface area contributed by atoms with Crippen LogP contribution in [0.5, 0.6) is 0 Å². The summed E-state index contributed by atoms with van der Waals surface area (Å²) in [6.07, 6.45) is 0. The molecular weight excluding hydrogens is 300 g/mol. The van der Waals surface area contributed by atoms with Gasteiger partial charge in [0.2, 0.25) is 0 Å². The van der Waals surface area contributed by atoms with Gasteiger partial charge in [0.1, 0.15) is 10.7 Å². The Labute approximate surface area is 134 Å². The lowest BCUT2D eigenvalue weighted by atomic mass is 9.85. The molecule has 1 amide bonds. The highest BCUT2D eigenvalue weighted by atomic mass is 32.1. The smallest absolute Gasteiger partial charge is 0.270 e. The molecule has 0 aromatic carbocycles. The topological polar surface area (TPSA) is 42.0 Å². The summed E-state index contributed by atoms with van der Waals surface area (Å²) in [4.78, 5) is 17.8. The molecule has 2 heterocycles. The SMILES string of the molecule is CC(C)C(CNC(=O)c1csc(-c2cccs2)n1)C(C)C. The lowest BCUT2D eigenvalue weighted by Crippen LogP contribution is -2.34. The first-order valence-corrected chi connectivity index (χ1v) is 9.02. The molecule has 0 unspecified atom stereocenters. The van der Waals surface area contributed by atoms with Gasteiger partial charge in [0.25, 0.3) is 5.91 Å². The summed E-state index contributed by atoms with van der Waals surface area (Å²) in [6.45, 7) is 9.52. The maximum atomic E-state index is 12.2. The van der Waals surface area contributed by atoms with E-state index in [1.54, 1.807) is 11.3 Å². The number of thiazole rings is 1. The van der Waals surface area contributed by atoms with Gasteiger partial charge in [-0.15, -0.1) is 22.7 Å². The molecule has 0 aliphatic heterocycles. The fraction of sp³-hybridized carbons (Fsp3) is 0.500. The van der Waals surface area contributed by atoms with Gasteiger partial charge in [-0.1, -0.05) is 33.8 Å². The standard InChI is InChI=1S/C16H22N2OS2/c1-10(2)12(11(3)4)8-17-15(19)13-9-21-16(18-13)14-6-5-7-20-14/h5-7,9-12H,8H2,1-4H3,(H,17,19). The average molecular weight is 322 g/mol. The zero-order valence-electron chi connectivity index (χ0n) is 12.9. The monoisotopic (exact) mass is 322 g/mol. The van der Waals surface area contributed by atoms with Crippen molar-refractivity contribution in [2.45, 2.75) is 27.7 Å². The minimum absolute atomic E-state index is 0.0691. The van der Waals surface area contributed by atoms with Crippen LogP contribution in [0.15, 0.2) is 22.9 Å². The molecule has 3 nitrogen and oxygen atoms in total. The van der Waals surface area contributed by atoms with Crippen LogP contribution in [0, 0.1) is 17.8 Å². The zero-order valence-corrected chi connectivity index (χ0v) is 14.6. The molecule has 0 atom stereocenters. The van der Waals surface area contributed by atoms with Gasteiger partial charge in [0.15, 0.2) is 0 Å². The summed E-state index contributed by atoms with van der Waals surface area (Å²) < 4.78 is 0. The van der Waals surface area contributed by atoms with Crippen LogP contribution >= 0.6 is 22.7 Å². The predicted molar refractivity (Wildman–Crippen MR) is 90.9 cm³/mol. The van der Waals surface area contributed by atoms with Crippen LogP contribution in [-0.2, 0) is 0 Å². The molecule has 0 saturated heterocycles. The Kier molecular flexibility index (Phi) is 5.53. The molecule has 0 radical (unpaired) electrons. The highest BCUT2D eigenvalue weighted by Gasteiger charge is 2.19. The van der Waals surface area contributed by atoms with E-state index in [2.05, 4.69) is 38.0 Å². The van der Waals surface area contributed by atoms with E-state index in [1.807, 2.05) is 22.9 Å². The van der Waals surface area contributed by atoms with Crippen molar-refractivity contribution >= 4 is 28.6 Å². The van der Waals surface area contributed by atoms with Crippen molar-refractivity contribution in [2.75, 3.05) is 6.54 Å². The second kappa shape index (κ2) is 7.18. The molecule has 0 bridgehead atoms. The highest BCUT2D eigenvalue weighted by molar-refractivity contribution is 7.20. The third-order valence-corrected chi connectivity index (χ3v) is 5.56. The maximum Gasteiger partial charge on any atom is 0.270 e. The molecule has 0 saturated carbocycles. The number of hydrogen-bond donors (Lipinski definition) is 1. The number of carbonyl (C=O) groups is 1.